The summed E-state index contributed by atoms with van der Waals surface area (Å²) in [6.45, 7) is 6.24. The molecule has 0 fully saturated rings. The third-order valence-electron chi connectivity index (χ3n) is 11.9. The van der Waals surface area contributed by atoms with Crippen molar-refractivity contribution in [1.82, 2.24) is 5.32 Å². The summed E-state index contributed by atoms with van der Waals surface area (Å²) >= 11 is 0. The summed E-state index contributed by atoms with van der Waals surface area (Å²) in [5, 5.41) is 23.8. The molecule has 0 aromatic heterocycles. The van der Waals surface area contributed by atoms with Gasteiger partial charge in [0, 0.05) is 6.42 Å². The molecule has 66 heavy (non-hydrogen) atoms. The topological polar surface area (TPSA) is 95.9 Å². The first-order chi connectivity index (χ1) is 32.5. The van der Waals surface area contributed by atoms with Crippen LogP contribution in [-0.2, 0) is 14.3 Å². The molecule has 0 bridgehead atoms. The van der Waals surface area contributed by atoms with Crippen LogP contribution in [0.2, 0.25) is 0 Å². The Labute approximate surface area is 407 Å². The van der Waals surface area contributed by atoms with Gasteiger partial charge in [-0.25, -0.2) is 0 Å². The molecule has 3 unspecified atom stereocenters. The van der Waals surface area contributed by atoms with Gasteiger partial charge in [0.2, 0.25) is 5.91 Å². The predicted molar refractivity (Wildman–Crippen MR) is 287 cm³/mol. The number of nitrogens with one attached hydrogen (secondary N) is 1. The molecule has 6 heteroatoms. The number of allylic oxidation sites excluding steroid dienone is 16. The lowest BCUT2D eigenvalue weighted by atomic mass is 10.0. The molecule has 0 heterocycles. The summed E-state index contributed by atoms with van der Waals surface area (Å²) < 4.78 is 5.91. The van der Waals surface area contributed by atoms with E-state index in [1.54, 1.807) is 0 Å². The molecule has 0 aliphatic heterocycles. The monoisotopic (exact) mass is 918 g/mol. The predicted octanol–water partition coefficient (Wildman–Crippen LogP) is 16.9. The number of hydrogen-bond donors (Lipinski definition) is 3. The van der Waals surface area contributed by atoms with E-state index < -0.39 is 18.2 Å². The highest BCUT2D eigenvalue weighted by molar-refractivity contribution is 5.77. The van der Waals surface area contributed by atoms with Crippen LogP contribution in [0.25, 0.3) is 0 Å². The zero-order chi connectivity index (χ0) is 48.1. The van der Waals surface area contributed by atoms with Gasteiger partial charge in [0.05, 0.1) is 25.2 Å². The molecule has 6 nitrogen and oxygen atoms in total. The van der Waals surface area contributed by atoms with Crippen LogP contribution in [0, 0.1) is 0 Å². The van der Waals surface area contributed by atoms with Crippen LogP contribution >= 0.6 is 0 Å². The molecule has 1 amide bonds. The van der Waals surface area contributed by atoms with Crippen LogP contribution in [0.4, 0.5) is 0 Å². The summed E-state index contributed by atoms with van der Waals surface area (Å²) in [6.07, 6.45) is 70.4. The molecule has 3 N–H and O–H groups in total. The number of amides is 1. The van der Waals surface area contributed by atoms with Gasteiger partial charge < -0.3 is 20.3 Å². The molecule has 0 aromatic rings. The normalized spacial score (nSPS) is 14.0. The maximum absolute atomic E-state index is 13.2. The Hall–Kier alpha value is -3.22. The Morgan fingerprint density at radius 2 is 0.833 bits per heavy atom. The zero-order valence-corrected chi connectivity index (χ0v) is 43.0. The molecule has 0 saturated heterocycles. The van der Waals surface area contributed by atoms with Gasteiger partial charge in [0.15, 0.2) is 0 Å². The maximum atomic E-state index is 13.2. The number of carbonyl (C=O) groups is 2. The van der Waals surface area contributed by atoms with Crippen molar-refractivity contribution in [2.24, 2.45) is 0 Å². The number of hydrogen-bond acceptors (Lipinski definition) is 5. The maximum Gasteiger partial charge on any atom is 0.306 e. The molecule has 3 atom stereocenters. The van der Waals surface area contributed by atoms with Gasteiger partial charge in [-0.2, -0.15) is 0 Å². The van der Waals surface area contributed by atoms with Crippen LogP contribution in [0.3, 0.4) is 0 Å². The minimum absolute atomic E-state index is 0.0244. The van der Waals surface area contributed by atoms with Crippen LogP contribution in [0.5, 0.6) is 0 Å². The Morgan fingerprint density at radius 3 is 1.27 bits per heavy atom. The highest BCUT2D eigenvalue weighted by Gasteiger charge is 2.24. The average molecular weight is 918 g/mol. The molecule has 378 valence electrons. The number of unbranched alkanes of at least 4 members (excludes halogenated alkanes) is 20. The van der Waals surface area contributed by atoms with Crippen LogP contribution < -0.4 is 5.32 Å². The van der Waals surface area contributed by atoms with Gasteiger partial charge in [-0.05, 0) is 96.3 Å². The molecule has 0 aliphatic carbocycles. The first-order valence-corrected chi connectivity index (χ1v) is 27.5. The number of esters is 1. The average Bonchev–Trinajstić information content (AvgIpc) is 3.31. The van der Waals surface area contributed by atoms with E-state index in [0.29, 0.717) is 19.3 Å². The van der Waals surface area contributed by atoms with E-state index in [1.165, 1.54) is 83.5 Å². The van der Waals surface area contributed by atoms with Crippen LogP contribution in [0.15, 0.2) is 97.2 Å². The highest BCUT2D eigenvalue weighted by atomic mass is 16.5. The summed E-state index contributed by atoms with van der Waals surface area (Å²) in [5.74, 6) is -0.560. The first-order valence-electron chi connectivity index (χ1n) is 27.5. The number of rotatable bonds is 48. The lowest BCUT2D eigenvalue weighted by molar-refractivity contribution is -0.151. The van der Waals surface area contributed by atoms with Crippen molar-refractivity contribution >= 4 is 11.9 Å². The van der Waals surface area contributed by atoms with Gasteiger partial charge in [-0.3, -0.25) is 9.59 Å². The fourth-order valence-corrected chi connectivity index (χ4v) is 7.83. The van der Waals surface area contributed by atoms with Crippen molar-refractivity contribution in [2.45, 2.75) is 264 Å². The molecule has 0 aliphatic rings. The van der Waals surface area contributed by atoms with E-state index in [9.17, 15) is 19.8 Å². The SMILES string of the molecule is CC/C=C\C/C=C\C/C=C\C/C=C\C/C=C\CCCC(CC(=O)NC(CO)C(O)CCCCCCCCCCCCCCCCCC)OC(=O)CCCCCC/C=C/C/C=C/C/C=C/CC. The van der Waals surface area contributed by atoms with E-state index in [4.69, 9.17) is 4.74 Å². The standard InChI is InChI=1S/C60H103NO5/c1-4-7-10-13-16-19-22-25-28-30-31-33-36-39-42-45-48-51-56(66-60(65)53-50-47-44-41-38-35-27-24-21-18-15-12-9-6-3)54-59(64)61-57(55-62)58(63)52-49-46-43-40-37-34-32-29-26-23-20-17-14-11-8-5-2/h7,9-10,12,16,18-19,21,25,27-28,31,33,35,39,42,56-58,62-63H,4-6,8,11,13-15,17,20,22-24,26,29-30,32,34,36-38,40-41,43-55H2,1-3H3,(H,61,64)/b10-7-,12-9+,19-16-,21-18+,28-25-,33-31-,35-27+,42-39-. The molecule has 0 saturated carbocycles. The molecule has 0 rings (SSSR count). The Bertz CT molecular complexity index is 1310. The smallest absolute Gasteiger partial charge is 0.306 e. The van der Waals surface area contributed by atoms with Gasteiger partial charge >= 0.3 is 5.97 Å². The minimum Gasteiger partial charge on any atom is -0.462 e. The van der Waals surface area contributed by atoms with Gasteiger partial charge in [0.25, 0.3) is 0 Å². The summed E-state index contributed by atoms with van der Waals surface area (Å²) in [6, 6.07) is -0.731. The largest absolute Gasteiger partial charge is 0.462 e. The van der Waals surface area contributed by atoms with Crippen molar-refractivity contribution in [2.75, 3.05) is 6.61 Å². The number of aliphatic hydroxyl groups is 2. The second kappa shape index (κ2) is 52.7. The van der Waals surface area contributed by atoms with Gasteiger partial charge in [-0.15, -0.1) is 0 Å². The molecule has 0 radical (unpaired) electrons. The van der Waals surface area contributed by atoms with Gasteiger partial charge in [0.1, 0.15) is 6.10 Å². The van der Waals surface area contributed by atoms with E-state index in [1.807, 2.05) is 0 Å². The summed E-state index contributed by atoms with van der Waals surface area (Å²) in [4.78, 5) is 26.2. The van der Waals surface area contributed by atoms with Crippen molar-refractivity contribution in [1.29, 1.82) is 0 Å². The van der Waals surface area contributed by atoms with E-state index in [-0.39, 0.29) is 24.9 Å². The van der Waals surface area contributed by atoms with Crippen molar-refractivity contribution in [3.05, 3.63) is 97.2 Å². The lowest BCUT2D eigenvalue weighted by Gasteiger charge is -2.24. The van der Waals surface area contributed by atoms with E-state index in [2.05, 4.69) is 123 Å². The third kappa shape index (κ3) is 47.3. The fraction of sp³-hybridized carbons (Fsp3) is 0.700. The third-order valence-corrected chi connectivity index (χ3v) is 11.9. The zero-order valence-electron chi connectivity index (χ0n) is 43.0. The van der Waals surface area contributed by atoms with Crippen molar-refractivity contribution in [3.8, 4) is 0 Å². The fourth-order valence-electron chi connectivity index (χ4n) is 7.83. The number of aliphatic hydroxyl groups excluding tert-OH is 2. The Morgan fingerprint density at radius 1 is 0.455 bits per heavy atom. The molecular weight excluding hydrogens is 815 g/mol. The molecular formula is C60H103NO5. The second-order valence-electron chi connectivity index (χ2n) is 18.2. The van der Waals surface area contributed by atoms with E-state index >= 15 is 0 Å². The Balaban J connectivity index is 4.70. The van der Waals surface area contributed by atoms with Gasteiger partial charge in [-0.1, -0.05) is 234 Å². The highest BCUT2D eigenvalue weighted by Crippen LogP contribution is 2.17. The van der Waals surface area contributed by atoms with Crippen LogP contribution in [-0.4, -0.2) is 46.9 Å². The minimum atomic E-state index is -0.813. The van der Waals surface area contributed by atoms with E-state index in [0.717, 1.165) is 116 Å². The van der Waals surface area contributed by atoms with Crippen LogP contribution in [0.1, 0.15) is 245 Å². The quantitative estimate of drug-likeness (QED) is 0.0321. The number of ether oxygens (including phenoxy) is 1. The Kier molecular flexibility index (Phi) is 50.2. The molecule has 0 spiro atoms. The molecule has 0 aromatic carbocycles. The number of carbonyl (C=O) groups excluding carboxylic acids is 2. The second-order valence-corrected chi connectivity index (χ2v) is 18.2. The summed E-state index contributed by atoms with van der Waals surface area (Å²) in [5.41, 5.74) is 0. The summed E-state index contributed by atoms with van der Waals surface area (Å²) in [7, 11) is 0. The van der Waals surface area contributed by atoms with Crippen molar-refractivity contribution < 1.29 is 24.5 Å². The first kappa shape index (κ1) is 62.8. The van der Waals surface area contributed by atoms with Crippen molar-refractivity contribution in [3.63, 3.8) is 0 Å². The lowest BCUT2D eigenvalue weighted by Crippen LogP contribution is -2.46.